The maximum Gasteiger partial charge on any atom is 0.237 e. The van der Waals surface area contributed by atoms with Crippen molar-refractivity contribution in [3.05, 3.63) is 66.6 Å². The minimum Gasteiger partial charge on any atom is -0.467 e. The Kier molecular flexibility index (Phi) is 4.88. The van der Waals surface area contributed by atoms with Gasteiger partial charge in [0.25, 0.3) is 0 Å². The molecule has 1 N–H and O–H groups in total. The van der Waals surface area contributed by atoms with Crippen molar-refractivity contribution in [1.82, 2.24) is 20.2 Å². The van der Waals surface area contributed by atoms with E-state index >= 15 is 0 Å². The van der Waals surface area contributed by atoms with Gasteiger partial charge in [-0.25, -0.2) is 4.68 Å². The van der Waals surface area contributed by atoms with Crippen molar-refractivity contribution in [1.29, 1.82) is 0 Å². The van der Waals surface area contributed by atoms with Crippen LogP contribution in [0.4, 0.5) is 5.69 Å². The Bertz CT molecular complexity index is 1060. The van der Waals surface area contributed by atoms with Crippen molar-refractivity contribution in [2.24, 2.45) is 0 Å². The Labute approximate surface area is 159 Å². The highest BCUT2D eigenvalue weighted by atomic mass is 32.2. The van der Waals surface area contributed by atoms with Crippen molar-refractivity contribution < 1.29 is 9.21 Å². The van der Waals surface area contributed by atoms with Crippen LogP contribution in [0, 0.1) is 0 Å². The molecule has 0 saturated heterocycles. The molecule has 2 heterocycles. The first kappa shape index (κ1) is 17.3. The Balaban J connectivity index is 1.46. The maximum absolute atomic E-state index is 12.7. The van der Waals surface area contributed by atoms with Gasteiger partial charge in [-0.2, -0.15) is 0 Å². The first-order valence-electron chi connectivity index (χ1n) is 8.44. The third-order valence-corrected chi connectivity index (χ3v) is 5.15. The number of benzene rings is 2. The molecule has 4 aromatic rings. The van der Waals surface area contributed by atoms with E-state index in [1.54, 1.807) is 10.9 Å². The van der Waals surface area contributed by atoms with Gasteiger partial charge in [0.15, 0.2) is 0 Å². The molecule has 0 saturated carbocycles. The van der Waals surface area contributed by atoms with Crippen molar-refractivity contribution in [3.8, 4) is 0 Å². The standard InChI is InChI=1S/C19H17N5O2S/c1-13(27-19-21-22-23-24(19)12-15-8-5-11-26-15)18(25)20-17-10-4-7-14-6-2-3-9-16(14)17/h2-11,13H,12H2,1H3,(H,20,25). The van der Waals surface area contributed by atoms with Crippen molar-refractivity contribution in [2.45, 2.75) is 23.9 Å². The minimum atomic E-state index is -0.370. The molecule has 1 amide bonds. The van der Waals surface area contributed by atoms with Crippen molar-refractivity contribution >= 4 is 34.1 Å². The lowest BCUT2D eigenvalue weighted by Crippen LogP contribution is -2.23. The molecule has 1 unspecified atom stereocenters. The predicted molar refractivity (Wildman–Crippen MR) is 104 cm³/mol. The van der Waals surface area contributed by atoms with E-state index in [0.717, 1.165) is 22.2 Å². The summed E-state index contributed by atoms with van der Waals surface area (Å²) in [5.74, 6) is 0.640. The number of hydrogen-bond acceptors (Lipinski definition) is 6. The Hall–Kier alpha value is -3.13. The lowest BCUT2D eigenvalue weighted by atomic mass is 10.1. The van der Waals surface area contributed by atoms with Gasteiger partial charge < -0.3 is 9.73 Å². The van der Waals surface area contributed by atoms with Gasteiger partial charge >= 0.3 is 0 Å². The molecule has 1 atom stereocenters. The number of thioether (sulfide) groups is 1. The van der Waals surface area contributed by atoms with E-state index in [9.17, 15) is 4.79 Å². The van der Waals surface area contributed by atoms with Crippen LogP contribution < -0.4 is 5.32 Å². The van der Waals surface area contributed by atoms with E-state index in [1.165, 1.54) is 11.8 Å². The summed E-state index contributed by atoms with van der Waals surface area (Å²) in [6.07, 6.45) is 1.60. The third kappa shape index (κ3) is 3.85. The average molecular weight is 379 g/mol. The molecule has 2 aromatic heterocycles. The van der Waals surface area contributed by atoms with Gasteiger partial charge in [-0.3, -0.25) is 4.79 Å². The molecule has 2 aromatic carbocycles. The highest BCUT2D eigenvalue weighted by Crippen LogP contribution is 2.26. The summed E-state index contributed by atoms with van der Waals surface area (Å²) in [5.41, 5.74) is 0.792. The first-order valence-corrected chi connectivity index (χ1v) is 9.32. The van der Waals surface area contributed by atoms with Crippen LogP contribution in [0.3, 0.4) is 0 Å². The van der Waals surface area contributed by atoms with E-state index in [4.69, 9.17) is 4.42 Å². The number of carbonyl (C=O) groups excluding carboxylic acids is 1. The molecule has 0 radical (unpaired) electrons. The lowest BCUT2D eigenvalue weighted by Gasteiger charge is -2.13. The van der Waals surface area contributed by atoms with Gasteiger partial charge in [0, 0.05) is 11.1 Å². The van der Waals surface area contributed by atoms with Crippen LogP contribution in [-0.2, 0) is 11.3 Å². The highest BCUT2D eigenvalue weighted by Gasteiger charge is 2.19. The minimum absolute atomic E-state index is 0.107. The fraction of sp³-hybridized carbons (Fsp3) is 0.158. The third-order valence-electron chi connectivity index (χ3n) is 4.08. The molecule has 0 bridgehead atoms. The summed E-state index contributed by atoms with van der Waals surface area (Å²) in [5, 5.41) is 17.0. The zero-order valence-electron chi connectivity index (χ0n) is 14.6. The molecular formula is C19H17N5O2S. The van der Waals surface area contributed by atoms with Crippen LogP contribution in [0.15, 0.2) is 70.4 Å². The normalized spacial score (nSPS) is 12.2. The number of tetrazole rings is 1. The smallest absolute Gasteiger partial charge is 0.237 e. The zero-order valence-corrected chi connectivity index (χ0v) is 15.4. The number of rotatable bonds is 6. The van der Waals surface area contributed by atoms with Crippen LogP contribution in [0.1, 0.15) is 12.7 Å². The number of amides is 1. The molecule has 7 nitrogen and oxygen atoms in total. The van der Waals surface area contributed by atoms with Crippen LogP contribution in [0.5, 0.6) is 0 Å². The topological polar surface area (TPSA) is 85.8 Å². The number of nitrogens with one attached hydrogen (secondary N) is 1. The van der Waals surface area contributed by atoms with Gasteiger partial charge in [0.2, 0.25) is 11.1 Å². The molecule has 0 aliphatic rings. The number of anilines is 1. The van der Waals surface area contributed by atoms with E-state index in [-0.39, 0.29) is 11.2 Å². The van der Waals surface area contributed by atoms with Crippen molar-refractivity contribution in [2.75, 3.05) is 5.32 Å². The summed E-state index contributed by atoms with van der Waals surface area (Å²) in [7, 11) is 0. The summed E-state index contributed by atoms with van der Waals surface area (Å²) in [6, 6.07) is 17.5. The number of carbonyl (C=O) groups is 1. The van der Waals surface area contributed by atoms with Gasteiger partial charge in [0.1, 0.15) is 12.3 Å². The predicted octanol–water partition coefficient (Wildman–Crippen LogP) is 3.59. The van der Waals surface area contributed by atoms with Gasteiger partial charge in [-0.1, -0.05) is 48.2 Å². The molecule has 0 spiro atoms. The molecule has 136 valence electrons. The van der Waals surface area contributed by atoms with E-state index in [2.05, 4.69) is 20.8 Å². The Morgan fingerprint density at radius 2 is 2.04 bits per heavy atom. The quantitative estimate of drug-likeness (QED) is 0.515. The molecular weight excluding hydrogens is 362 g/mol. The van der Waals surface area contributed by atoms with E-state index in [0.29, 0.717) is 11.7 Å². The number of nitrogens with zero attached hydrogens (tertiary/aromatic N) is 4. The maximum atomic E-state index is 12.7. The molecule has 8 heteroatoms. The summed E-state index contributed by atoms with van der Waals surface area (Å²) < 4.78 is 6.95. The van der Waals surface area contributed by atoms with E-state index < -0.39 is 0 Å². The molecule has 0 aliphatic heterocycles. The van der Waals surface area contributed by atoms with Crippen LogP contribution >= 0.6 is 11.8 Å². The number of furan rings is 1. The van der Waals surface area contributed by atoms with Gasteiger partial charge in [-0.15, -0.1) is 5.10 Å². The fourth-order valence-electron chi connectivity index (χ4n) is 2.71. The van der Waals surface area contributed by atoms with Gasteiger partial charge in [-0.05, 0) is 40.9 Å². The second kappa shape index (κ2) is 7.63. The SMILES string of the molecule is CC(Sc1nnnn1Cc1ccco1)C(=O)Nc1cccc2ccccc12. The number of fused-ring (bicyclic) bond motifs is 1. The van der Waals surface area contributed by atoms with Crippen LogP contribution in [0.25, 0.3) is 10.8 Å². The highest BCUT2D eigenvalue weighted by molar-refractivity contribution is 8.00. The van der Waals surface area contributed by atoms with E-state index in [1.807, 2.05) is 61.5 Å². The monoisotopic (exact) mass is 379 g/mol. The lowest BCUT2D eigenvalue weighted by molar-refractivity contribution is -0.115. The van der Waals surface area contributed by atoms with Crippen LogP contribution in [-0.4, -0.2) is 31.4 Å². The molecule has 27 heavy (non-hydrogen) atoms. The first-order chi connectivity index (χ1) is 13.2. The Morgan fingerprint density at radius 1 is 1.19 bits per heavy atom. The average Bonchev–Trinajstić information content (AvgIpc) is 3.35. The summed E-state index contributed by atoms with van der Waals surface area (Å²) in [4.78, 5) is 12.7. The van der Waals surface area contributed by atoms with Gasteiger partial charge in [0.05, 0.1) is 11.5 Å². The summed E-state index contributed by atoms with van der Waals surface area (Å²) in [6.45, 7) is 2.25. The molecule has 0 aliphatic carbocycles. The fourth-order valence-corrected chi connectivity index (χ4v) is 3.50. The zero-order chi connectivity index (χ0) is 18.6. The Morgan fingerprint density at radius 3 is 2.89 bits per heavy atom. The number of hydrogen-bond donors (Lipinski definition) is 1. The summed E-state index contributed by atoms with van der Waals surface area (Å²) >= 11 is 1.30. The molecule has 0 fully saturated rings. The second-order valence-electron chi connectivity index (χ2n) is 5.97. The second-order valence-corrected chi connectivity index (χ2v) is 7.28. The largest absolute Gasteiger partial charge is 0.467 e. The van der Waals surface area contributed by atoms with Crippen molar-refractivity contribution in [3.63, 3.8) is 0 Å². The van der Waals surface area contributed by atoms with Crippen LogP contribution in [0.2, 0.25) is 0 Å². The molecule has 4 rings (SSSR count). The number of aromatic nitrogens is 4.